The molecule has 92 valence electrons. The predicted octanol–water partition coefficient (Wildman–Crippen LogP) is 2.23. The third kappa shape index (κ3) is 2.66. The second-order valence-electron chi connectivity index (χ2n) is 4.36. The minimum Gasteiger partial charge on any atom is -0.388 e. The van der Waals surface area contributed by atoms with Gasteiger partial charge in [0, 0.05) is 6.54 Å². The summed E-state index contributed by atoms with van der Waals surface area (Å²) in [5.41, 5.74) is -0.805. The lowest BCUT2D eigenvalue weighted by Gasteiger charge is -2.36. The zero-order valence-corrected chi connectivity index (χ0v) is 10.8. The summed E-state index contributed by atoms with van der Waals surface area (Å²) >= 11 is 3.03. The molecule has 2 rings (SSSR count). The number of nitrogens with one attached hydrogen (secondary N) is 1. The summed E-state index contributed by atoms with van der Waals surface area (Å²) in [6, 6.07) is 4.55. The largest absolute Gasteiger partial charge is 0.388 e. The van der Waals surface area contributed by atoms with Crippen molar-refractivity contribution in [3.63, 3.8) is 0 Å². The van der Waals surface area contributed by atoms with Gasteiger partial charge in [-0.1, -0.05) is 6.07 Å². The van der Waals surface area contributed by atoms with Gasteiger partial charge in [0.15, 0.2) is 0 Å². The Labute approximate surface area is 107 Å². The number of rotatable bonds is 3. The number of amides is 1. The number of benzene rings is 1. The van der Waals surface area contributed by atoms with Gasteiger partial charge >= 0.3 is 0 Å². The molecule has 0 aromatic heterocycles. The zero-order valence-electron chi connectivity index (χ0n) is 9.17. The van der Waals surface area contributed by atoms with E-state index in [-0.39, 0.29) is 16.6 Å². The number of carbonyl (C=O) groups excluding carboxylic acids is 1. The van der Waals surface area contributed by atoms with E-state index in [0.29, 0.717) is 12.8 Å². The molecular formula is C12H13BrFNO2. The average Bonchev–Trinajstić information content (AvgIpc) is 2.27. The second kappa shape index (κ2) is 4.74. The Morgan fingerprint density at radius 1 is 1.53 bits per heavy atom. The van der Waals surface area contributed by atoms with Gasteiger partial charge in [-0.15, -0.1) is 0 Å². The van der Waals surface area contributed by atoms with Crippen LogP contribution >= 0.6 is 15.9 Å². The number of aliphatic hydroxyl groups is 1. The van der Waals surface area contributed by atoms with Crippen LogP contribution in [0.25, 0.3) is 0 Å². The fraction of sp³-hybridized carbons (Fsp3) is 0.417. The van der Waals surface area contributed by atoms with E-state index in [0.717, 1.165) is 6.42 Å². The van der Waals surface area contributed by atoms with Crippen LogP contribution in [0, 0.1) is 5.82 Å². The Hall–Kier alpha value is -0.940. The molecule has 0 heterocycles. The van der Waals surface area contributed by atoms with E-state index < -0.39 is 17.3 Å². The molecule has 0 bridgehead atoms. The van der Waals surface area contributed by atoms with Gasteiger partial charge in [-0.25, -0.2) is 4.39 Å². The van der Waals surface area contributed by atoms with Gasteiger partial charge in [0.05, 0.1) is 15.6 Å². The van der Waals surface area contributed by atoms with E-state index in [4.69, 9.17) is 0 Å². The molecule has 0 aliphatic heterocycles. The van der Waals surface area contributed by atoms with Crippen LogP contribution in [-0.4, -0.2) is 23.2 Å². The molecule has 1 aliphatic rings. The molecule has 1 amide bonds. The minimum absolute atomic E-state index is 0.0118. The topological polar surface area (TPSA) is 49.3 Å². The van der Waals surface area contributed by atoms with Crippen molar-refractivity contribution in [2.45, 2.75) is 24.9 Å². The van der Waals surface area contributed by atoms with Crippen LogP contribution in [0.5, 0.6) is 0 Å². The summed E-state index contributed by atoms with van der Waals surface area (Å²) in [5.74, 6) is -1.07. The van der Waals surface area contributed by atoms with Gasteiger partial charge in [0.25, 0.3) is 5.91 Å². The van der Waals surface area contributed by atoms with Crippen LogP contribution in [0.4, 0.5) is 4.39 Å². The van der Waals surface area contributed by atoms with E-state index in [2.05, 4.69) is 21.2 Å². The summed E-state index contributed by atoms with van der Waals surface area (Å²) < 4.78 is 13.9. The summed E-state index contributed by atoms with van der Waals surface area (Å²) in [6.45, 7) is 0.178. The smallest absolute Gasteiger partial charge is 0.254 e. The summed E-state index contributed by atoms with van der Waals surface area (Å²) in [6.07, 6.45) is 2.35. The van der Waals surface area contributed by atoms with Crippen molar-refractivity contribution >= 4 is 21.8 Å². The highest BCUT2D eigenvalue weighted by Gasteiger charge is 2.34. The molecule has 0 spiro atoms. The van der Waals surface area contributed by atoms with Gasteiger partial charge in [-0.05, 0) is 47.3 Å². The number of hydrogen-bond donors (Lipinski definition) is 2. The SMILES string of the molecule is O=C(NCC1(O)CCC1)c1cccc(Br)c1F. The van der Waals surface area contributed by atoms with Crippen molar-refractivity contribution < 1.29 is 14.3 Å². The number of halogens is 2. The molecule has 0 unspecified atom stereocenters. The standard InChI is InChI=1S/C12H13BrFNO2/c13-9-4-1-3-8(10(9)14)11(16)15-7-12(17)5-2-6-12/h1,3-4,17H,2,5-7H2,(H,15,16). The summed E-state index contributed by atoms with van der Waals surface area (Å²) in [7, 11) is 0. The van der Waals surface area contributed by atoms with E-state index in [1.54, 1.807) is 6.07 Å². The maximum Gasteiger partial charge on any atom is 0.254 e. The van der Waals surface area contributed by atoms with E-state index in [1.807, 2.05) is 0 Å². The van der Waals surface area contributed by atoms with E-state index in [9.17, 15) is 14.3 Å². The highest BCUT2D eigenvalue weighted by molar-refractivity contribution is 9.10. The van der Waals surface area contributed by atoms with Crippen LogP contribution in [0.3, 0.4) is 0 Å². The molecule has 0 radical (unpaired) electrons. The van der Waals surface area contributed by atoms with Crippen molar-refractivity contribution in [3.8, 4) is 0 Å². The first kappa shape index (κ1) is 12.5. The first-order chi connectivity index (χ1) is 8.02. The third-order valence-corrected chi connectivity index (χ3v) is 3.67. The summed E-state index contributed by atoms with van der Waals surface area (Å²) in [5, 5.41) is 12.4. The Morgan fingerprint density at radius 2 is 2.24 bits per heavy atom. The highest BCUT2D eigenvalue weighted by atomic mass is 79.9. The molecule has 1 aromatic rings. The second-order valence-corrected chi connectivity index (χ2v) is 5.22. The lowest BCUT2D eigenvalue weighted by Crippen LogP contribution is -2.47. The van der Waals surface area contributed by atoms with Crippen molar-refractivity contribution in [3.05, 3.63) is 34.1 Å². The predicted molar refractivity (Wildman–Crippen MR) is 65.2 cm³/mol. The van der Waals surface area contributed by atoms with Crippen molar-refractivity contribution in [2.24, 2.45) is 0 Å². The molecule has 1 saturated carbocycles. The maximum absolute atomic E-state index is 13.6. The van der Waals surface area contributed by atoms with Crippen molar-refractivity contribution in [1.82, 2.24) is 5.32 Å². The normalized spacial score (nSPS) is 17.4. The van der Waals surface area contributed by atoms with Crippen LogP contribution in [0.1, 0.15) is 29.6 Å². The molecule has 1 fully saturated rings. The highest BCUT2D eigenvalue weighted by Crippen LogP contribution is 2.30. The third-order valence-electron chi connectivity index (χ3n) is 3.06. The molecule has 2 N–H and O–H groups in total. The van der Waals surface area contributed by atoms with Crippen LogP contribution in [0.2, 0.25) is 0 Å². The van der Waals surface area contributed by atoms with Gasteiger partial charge in [0.2, 0.25) is 0 Å². The van der Waals surface area contributed by atoms with Gasteiger partial charge in [-0.2, -0.15) is 0 Å². The monoisotopic (exact) mass is 301 g/mol. The van der Waals surface area contributed by atoms with Crippen LogP contribution in [-0.2, 0) is 0 Å². The molecule has 17 heavy (non-hydrogen) atoms. The maximum atomic E-state index is 13.6. The Morgan fingerprint density at radius 3 is 2.82 bits per heavy atom. The Bertz CT molecular complexity index is 446. The van der Waals surface area contributed by atoms with Gasteiger partial charge < -0.3 is 10.4 Å². The van der Waals surface area contributed by atoms with Crippen LogP contribution in [0.15, 0.2) is 22.7 Å². The molecule has 3 nitrogen and oxygen atoms in total. The fourth-order valence-electron chi connectivity index (χ4n) is 1.78. The van der Waals surface area contributed by atoms with Crippen LogP contribution < -0.4 is 5.32 Å². The van der Waals surface area contributed by atoms with Gasteiger partial charge in [-0.3, -0.25) is 4.79 Å². The minimum atomic E-state index is -0.794. The Kier molecular flexibility index (Phi) is 3.49. The molecule has 1 aliphatic carbocycles. The molecule has 5 heteroatoms. The molecule has 0 atom stereocenters. The first-order valence-corrected chi connectivity index (χ1v) is 6.26. The van der Waals surface area contributed by atoms with Crippen molar-refractivity contribution in [1.29, 1.82) is 0 Å². The lowest BCUT2D eigenvalue weighted by molar-refractivity contribution is -0.0300. The fourth-order valence-corrected chi connectivity index (χ4v) is 2.15. The molecule has 0 saturated heterocycles. The van der Waals surface area contributed by atoms with Crippen molar-refractivity contribution in [2.75, 3.05) is 6.54 Å². The number of carbonyl (C=O) groups is 1. The average molecular weight is 302 g/mol. The number of hydrogen-bond acceptors (Lipinski definition) is 2. The first-order valence-electron chi connectivity index (χ1n) is 5.46. The van der Waals surface area contributed by atoms with E-state index >= 15 is 0 Å². The Balaban J connectivity index is 2.02. The molecule has 1 aromatic carbocycles. The molecular weight excluding hydrogens is 289 g/mol. The zero-order chi connectivity index (χ0) is 12.5. The van der Waals surface area contributed by atoms with E-state index in [1.165, 1.54) is 12.1 Å². The van der Waals surface area contributed by atoms with Gasteiger partial charge in [0.1, 0.15) is 5.82 Å². The lowest BCUT2D eigenvalue weighted by atomic mass is 9.80. The quantitative estimate of drug-likeness (QED) is 0.899. The summed E-state index contributed by atoms with van der Waals surface area (Å²) in [4.78, 5) is 11.7.